The monoisotopic (exact) mass is 393 g/mol. The Labute approximate surface area is 163 Å². The molecule has 2 heterocycles. The molecule has 0 spiro atoms. The summed E-state index contributed by atoms with van der Waals surface area (Å²) in [5, 5.41) is 21.5. The van der Waals surface area contributed by atoms with Crippen molar-refractivity contribution < 1.29 is 9.72 Å². The van der Waals surface area contributed by atoms with Crippen LogP contribution in [0.4, 0.5) is 5.69 Å². The van der Waals surface area contributed by atoms with Crippen LogP contribution in [0.2, 0.25) is 0 Å². The van der Waals surface area contributed by atoms with Gasteiger partial charge in [0.25, 0.3) is 11.6 Å². The number of rotatable bonds is 6. The number of piperidine rings is 1. The Morgan fingerprint density at radius 2 is 2.15 bits per heavy atom. The molecule has 1 aromatic heterocycles. The van der Waals surface area contributed by atoms with Gasteiger partial charge in [-0.25, -0.2) is 0 Å². The summed E-state index contributed by atoms with van der Waals surface area (Å²) in [7, 11) is 1.75. The number of hydrogen-bond donors (Lipinski definition) is 2. The third-order valence-corrected chi connectivity index (χ3v) is 4.66. The summed E-state index contributed by atoms with van der Waals surface area (Å²) in [6.07, 6.45) is 5.01. The number of aromatic nitrogens is 2. The van der Waals surface area contributed by atoms with Crippen LogP contribution >= 0.6 is 12.4 Å². The van der Waals surface area contributed by atoms with Crippen LogP contribution in [0.15, 0.2) is 30.5 Å². The number of nitrogens with one attached hydrogen (secondary N) is 2. The Bertz CT molecular complexity index is 785. The molecule has 9 heteroatoms. The van der Waals surface area contributed by atoms with Crippen molar-refractivity contribution in [3.63, 3.8) is 0 Å². The molecule has 146 valence electrons. The maximum absolute atomic E-state index is 12.6. The molecule has 0 bridgehead atoms. The molecule has 1 saturated heterocycles. The number of nitro groups is 1. The maximum Gasteiger partial charge on any atom is 0.269 e. The lowest BCUT2D eigenvalue weighted by atomic mass is 9.96. The number of aryl methyl sites for hydroxylation is 1. The van der Waals surface area contributed by atoms with Gasteiger partial charge in [-0.15, -0.1) is 12.4 Å². The van der Waals surface area contributed by atoms with Gasteiger partial charge in [0.15, 0.2) is 0 Å². The van der Waals surface area contributed by atoms with Crippen molar-refractivity contribution in [2.24, 2.45) is 13.0 Å². The third-order valence-electron chi connectivity index (χ3n) is 4.66. The van der Waals surface area contributed by atoms with Gasteiger partial charge in [0, 0.05) is 37.5 Å². The number of hydrogen-bond acceptors (Lipinski definition) is 5. The number of non-ortho nitro benzene ring substituents is 1. The fourth-order valence-electron chi connectivity index (χ4n) is 3.26. The fourth-order valence-corrected chi connectivity index (χ4v) is 3.26. The highest BCUT2D eigenvalue weighted by Crippen LogP contribution is 2.24. The van der Waals surface area contributed by atoms with Gasteiger partial charge in [-0.3, -0.25) is 19.6 Å². The molecular formula is C18H24ClN5O3. The molecule has 1 unspecified atom stereocenters. The Hall–Kier alpha value is -2.45. The van der Waals surface area contributed by atoms with Crippen LogP contribution in [-0.4, -0.2) is 40.2 Å². The Morgan fingerprint density at radius 3 is 2.78 bits per heavy atom. The standard InChI is InChI=1S/C18H23N5O3.ClH/c1-22-12-16(18(24)20-10-8-13-3-2-9-19-11-13)17(21-22)14-4-6-15(7-5-14)23(25)26;/h4-7,12-13,19H,2-3,8-11H2,1H3,(H,20,24);1H. The van der Waals surface area contributed by atoms with E-state index < -0.39 is 4.92 Å². The zero-order valence-corrected chi connectivity index (χ0v) is 16.0. The lowest BCUT2D eigenvalue weighted by molar-refractivity contribution is -0.384. The van der Waals surface area contributed by atoms with E-state index in [1.54, 1.807) is 30.1 Å². The number of nitrogens with zero attached hydrogens (tertiary/aromatic N) is 3. The van der Waals surface area contributed by atoms with Crippen LogP contribution in [0.25, 0.3) is 11.3 Å². The molecule has 2 aromatic rings. The van der Waals surface area contributed by atoms with E-state index in [-0.39, 0.29) is 24.0 Å². The molecule has 0 aliphatic carbocycles. The first-order valence-corrected chi connectivity index (χ1v) is 8.82. The average Bonchev–Trinajstić information content (AvgIpc) is 3.04. The minimum Gasteiger partial charge on any atom is -0.352 e. The molecule has 0 radical (unpaired) electrons. The predicted octanol–water partition coefficient (Wildman–Crippen LogP) is 2.54. The number of carbonyl (C=O) groups is 1. The topological polar surface area (TPSA) is 102 Å². The Kier molecular flexibility index (Phi) is 7.32. The first-order valence-electron chi connectivity index (χ1n) is 8.82. The molecule has 1 fully saturated rings. The van der Waals surface area contributed by atoms with Crippen LogP contribution < -0.4 is 10.6 Å². The molecule has 1 atom stereocenters. The number of halogens is 1. The van der Waals surface area contributed by atoms with Gasteiger partial charge < -0.3 is 10.6 Å². The molecule has 1 aliphatic rings. The minimum atomic E-state index is -0.448. The van der Waals surface area contributed by atoms with Gasteiger partial charge >= 0.3 is 0 Å². The van der Waals surface area contributed by atoms with E-state index in [0.717, 1.165) is 19.5 Å². The average molecular weight is 394 g/mol. The lowest BCUT2D eigenvalue weighted by Crippen LogP contribution is -2.33. The molecule has 1 amide bonds. The molecule has 0 saturated carbocycles. The smallest absolute Gasteiger partial charge is 0.269 e. The third kappa shape index (κ3) is 5.27. The van der Waals surface area contributed by atoms with Crippen molar-refractivity contribution >= 4 is 24.0 Å². The quantitative estimate of drug-likeness (QED) is 0.580. The van der Waals surface area contributed by atoms with Crippen LogP contribution in [0.1, 0.15) is 29.6 Å². The van der Waals surface area contributed by atoms with Gasteiger partial charge in [-0.05, 0) is 50.4 Å². The van der Waals surface area contributed by atoms with Crippen molar-refractivity contribution in [3.8, 4) is 11.3 Å². The number of amides is 1. The second-order valence-electron chi connectivity index (χ2n) is 6.63. The molecule has 2 N–H and O–H groups in total. The molecule has 8 nitrogen and oxygen atoms in total. The molecule has 3 rings (SSSR count). The first-order chi connectivity index (χ1) is 12.5. The second kappa shape index (κ2) is 9.48. The van der Waals surface area contributed by atoms with Crippen LogP contribution in [0, 0.1) is 16.0 Å². The molecule has 27 heavy (non-hydrogen) atoms. The summed E-state index contributed by atoms with van der Waals surface area (Å²) in [6, 6.07) is 6.07. The van der Waals surface area contributed by atoms with Crippen LogP contribution in [-0.2, 0) is 7.05 Å². The number of nitro benzene ring substituents is 1. The zero-order chi connectivity index (χ0) is 18.5. The second-order valence-corrected chi connectivity index (χ2v) is 6.63. The van der Waals surface area contributed by atoms with E-state index in [1.807, 2.05) is 0 Å². The highest BCUT2D eigenvalue weighted by Gasteiger charge is 2.19. The van der Waals surface area contributed by atoms with Crippen molar-refractivity contribution in [2.75, 3.05) is 19.6 Å². The summed E-state index contributed by atoms with van der Waals surface area (Å²) < 4.78 is 1.58. The highest BCUT2D eigenvalue weighted by molar-refractivity contribution is 5.99. The number of benzene rings is 1. The van der Waals surface area contributed by atoms with Crippen LogP contribution in [0.3, 0.4) is 0 Å². The van der Waals surface area contributed by atoms with Crippen molar-refractivity contribution in [2.45, 2.75) is 19.3 Å². The lowest BCUT2D eigenvalue weighted by Gasteiger charge is -2.22. The Morgan fingerprint density at radius 1 is 1.41 bits per heavy atom. The van der Waals surface area contributed by atoms with Crippen molar-refractivity contribution in [3.05, 3.63) is 46.1 Å². The SMILES string of the molecule is Cl.Cn1cc(C(=O)NCCC2CCCNC2)c(-c2ccc([N+](=O)[O-])cc2)n1. The summed E-state index contributed by atoms with van der Waals surface area (Å²) in [5.41, 5.74) is 1.69. The Balaban J connectivity index is 0.00000261. The van der Waals surface area contributed by atoms with E-state index in [2.05, 4.69) is 15.7 Å². The summed E-state index contributed by atoms with van der Waals surface area (Å²) in [5.74, 6) is 0.433. The van der Waals surface area contributed by atoms with E-state index in [9.17, 15) is 14.9 Å². The normalized spacial score (nSPS) is 16.4. The largest absolute Gasteiger partial charge is 0.352 e. The zero-order valence-electron chi connectivity index (χ0n) is 15.2. The first kappa shape index (κ1) is 20.9. The van der Waals surface area contributed by atoms with Gasteiger partial charge in [0.05, 0.1) is 10.5 Å². The number of carbonyl (C=O) groups excluding carboxylic acids is 1. The van der Waals surface area contributed by atoms with E-state index in [1.165, 1.54) is 25.0 Å². The van der Waals surface area contributed by atoms with E-state index in [0.29, 0.717) is 29.3 Å². The van der Waals surface area contributed by atoms with E-state index in [4.69, 9.17) is 0 Å². The molecule has 1 aliphatic heterocycles. The van der Waals surface area contributed by atoms with Crippen molar-refractivity contribution in [1.82, 2.24) is 20.4 Å². The maximum atomic E-state index is 12.6. The summed E-state index contributed by atoms with van der Waals surface area (Å²) >= 11 is 0. The fraction of sp³-hybridized carbons (Fsp3) is 0.444. The van der Waals surface area contributed by atoms with E-state index >= 15 is 0 Å². The van der Waals surface area contributed by atoms with Crippen molar-refractivity contribution in [1.29, 1.82) is 0 Å². The van der Waals surface area contributed by atoms with Gasteiger partial charge in [0.1, 0.15) is 5.69 Å². The molecular weight excluding hydrogens is 370 g/mol. The van der Waals surface area contributed by atoms with Gasteiger partial charge in [-0.2, -0.15) is 5.10 Å². The van der Waals surface area contributed by atoms with Gasteiger partial charge in [0.2, 0.25) is 0 Å². The predicted molar refractivity (Wildman–Crippen MR) is 105 cm³/mol. The molecule has 1 aromatic carbocycles. The van der Waals surface area contributed by atoms with Crippen LogP contribution in [0.5, 0.6) is 0 Å². The summed E-state index contributed by atoms with van der Waals surface area (Å²) in [6.45, 7) is 2.72. The summed E-state index contributed by atoms with van der Waals surface area (Å²) in [4.78, 5) is 22.9. The minimum absolute atomic E-state index is 0. The van der Waals surface area contributed by atoms with Gasteiger partial charge in [-0.1, -0.05) is 0 Å². The highest BCUT2D eigenvalue weighted by atomic mass is 35.5.